The monoisotopic (exact) mass is 468 g/mol. The summed E-state index contributed by atoms with van der Waals surface area (Å²) in [6.45, 7) is 6.69. The molecule has 4 heterocycles. The van der Waals surface area contributed by atoms with Crippen LogP contribution in [-0.2, 0) is 12.3 Å². The van der Waals surface area contributed by atoms with E-state index >= 15 is 0 Å². The minimum Gasteiger partial charge on any atom is -0.350 e. The Bertz CT molecular complexity index is 1200. The standard InChI is InChI=1S/C24H26F2N6S/c1-13-21(14(2)33-32-13)20-9-6-16-17(7-8-19(16)30-20)22-18(24(3,25)26)12-28-23(31-22)29-15-5-4-10-27-11-15/h6-7,9,12,15,27H,4-5,8,10-11H2,1-3H3,(H,28,29,31)/t15-/m0/s1. The predicted molar refractivity (Wildman–Crippen MR) is 127 cm³/mol. The van der Waals surface area contributed by atoms with Crippen molar-refractivity contribution in [3.63, 3.8) is 0 Å². The number of rotatable bonds is 5. The maximum Gasteiger partial charge on any atom is 0.274 e. The van der Waals surface area contributed by atoms with Crippen molar-refractivity contribution < 1.29 is 8.78 Å². The Morgan fingerprint density at radius 2 is 2.06 bits per heavy atom. The molecule has 0 saturated carbocycles. The summed E-state index contributed by atoms with van der Waals surface area (Å²) in [6.07, 6.45) is 5.82. The van der Waals surface area contributed by atoms with Gasteiger partial charge >= 0.3 is 0 Å². The molecule has 1 aliphatic heterocycles. The van der Waals surface area contributed by atoms with Crippen LogP contribution in [0.2, 0.25) is 0 Å². The van der Waals surface area contributed by atoms with E-state index in [4.69, 9.17) is 4.98 Å². The van der Waals surface area contributed by atoms with Crippen molar-refractivity contribution in [1.82, 2.24) is 24.6 Å². The van der Waals surface area contributed by atoms with E-state index in [0.717, 1.165) is 65.9 Å². The first kappa shape index (κ1) is 22.0. The molecular formula is C24H26F2N6S. The largest absolute Gasteiger partial charge is 0.350 e. The molecule has 172 valence electrons. The van der Waals surface area contributed by atoms with Gasteiger partial charge in [-0.1, -0.05) is 12.1 Å². The fourth-order valence-electron chi connectivity index (χ4n) is 4.56. The molecule has 0 aromatic carbocycles. The van der Waals surface area contributed by atoms with E-state index in [0.29, 0.717) is 17.9 Å². The summed E-state index contributed by atoms with van der Waals surface area (Å²) in [4.78, 5) is 14.8. The summed E-state index contributed by atoms with van der Waals surface area (Å²) < 4.78 is 33.5. The number of nitrogens with one attached hydrogen (secondary N) is 2. The Morgan fingerprint density at radius 1 is 1.21 bits per heavy atom. The Balaban J connectivity index is 1.52. The number of piperidine rings is 1. The molecule has 6 nitrogen and oxygen atoms in total. The zero-order chi connectivity index (χ0) is 23.2. The van der Waals surface area contributed by atoms with E-state index in [1.807, 2.05) is 32.1 Å². The highest BCUT2D eigenvalue weighted by atomic mass is 32.1. The first-order valence-electron chi connectivity index (χ1n) is 11.2. The number of allylic oxidation sites excluding steroid dienone is 1. The first-order valence-corrected chi connectivity index (χ1v) is 12.0. The molecule has 1 fully saturated rings. The lowest BCUT2D eigenvalue weighted by Crippen LogP contribution is -2.38. The lowest BCUT2D eigenvalue weighted by atomic mass is 9.99. The SMILES string of the molecule is Cc1nsc(C)c1-c1ccc2c(n1)CC=C2c1nc(N[C@H]2CCCNC2)ncc1C(C)(F)F. The Kier molecular flexibility index (Phi) is 5.70. The third kappa shape index (κ3) is 4.27. The van der Waals surface area contributed by atoms with Gasteiger partial charge in [-0.2, -0.15) is 4.37 Å². The van der Waals surface area contributed by atoms with Gasteiger partial charge in [0, 0.05) is 53.7 Å². The van der Waals surface area contributed by atoms with E-state index < -0.39 is 5.92 Å². The average molecular weight is 469 g/mol. The van der Waals surface area contributed by atoms with Crippen LogP contribution < -0.4 is 10.6 Å². The van der Waals surface area contributed by atoms with Crippen molar-refractivity contribution in [2.75, 3.05) is 18.4 Å². The van der Waals surface area contributed by atoms with Crippen molar-refractivity contribution >= 4 is 23.1 Å². The summed E-state index contributed by atoms with van der Waals surface area (Å²) in [5.74, 6) is -2.69. The summed E-state index contributed by atoms with van der Waals surface area (Å²) in [5.41, 5.74) is 5.34. The van der Waals surface area contributed by atoms with Crippen LogP contribution in [0.3, 0.4) is 0 Å². The average Bonchev–Trinajstić information content (AvgIpc) is 3.35. The van der Waals surface area contributed by atoms with Gasteiger partial charge in [-0.3, -0.25) is 4.98 Å². The Labute approximate surface area is 195 Å². The van der Waals surface area contributed by atoms with E-state index in [2.05, 4.69) is 25.0 Å². The van der Waals surface area contributed by atoms with Crippen LogP contribution in [0.5, 0.6) is 0 Å². The van der Waals surface area contributed by atoms with Crippen LogP contribution in [0.25, 0.3) is 16.8 Å². The zero-order valence-corrected chi connectivity index (χ0v) is 19.7. The number of halogens is 2. The Morgan fingerprint density at radius 3 is 2.76 bits per heavy atom. The van der Waals surface area contributed by atoms with Gasteiger partial charge in [0.15, 0.2) is 0 Å². The molecule has 2 aliphatic rings. The van der Waals surface area contributed by atoms with Crippen LogP contribution >= 0.6 is 11.5 Å². The quantitative estimate of drug-likeness (QED) is 0.556. The van der Waals surface area contributed by atoms with Gasteiger partial charge < -0.3 is 10.6 Å². The van der Waals surface area contributed by atoms with Crippen molar-refractivity contribution in [2.45, 2.75) is 52.0 Å². The normalized spacial score (nSPS) is 18.2. The second-order valence-electron chi connectivity index (χ2n) is 8.74. The van der Waals surface area contributed by atoms with Gasteiger partial charge in [-0.15, -0.1) is 0 Å². The van der Waals surface area contributed by atoms with E-state index in [1.165, 1.54) is 17.7 Å². The second-order valence-corrected chi connectivity index (χ2v) is 9.72. The minimum atomic E-state index is -3.06. The number of hydrogen-bond donors (Lipinski definition) is 2. The van der Waals surface area contributed by atoms with Crippen LogP contribution in [0.1, 0.15) is 52.9 Å². The third-order valence-electron chi connectivity index (χ3n) is 6.20. The van der Waals surface area contributed by atoms with E-state index in [9.17, 15) is 8.78 Å². The molecule has 33 heavy (non-hydrogen) atoms. The highest BCUT2D eigenvalue weighted by Crippen LogP contribution is 2.39. The van der Waals surface area contributed by atoms with Gasteiger partial charge in [0.05, 0.1) is 28.3 Å². The van der Waals surface area contributed by atoms with Crippen molar-refractivity contribution in [1.29, 1.82) is 0 Å². The van der Waals surface area contributed by atoms with Gasteiger partial charge in [-0.05, 0) is 50.8 Å². The van der Waals surface area contributed by atoms with Crippen molar-refractivity contribution in [3.05, 3.63) is 57.5 Å². The fourth-order valence-corrected chi connectivity index (χ4v) is 5.27. The molecule has 0 amide bonds. The molecule has 0 spiro atoms. The molecule has 5 rings (SSSR count). The Hall–Kier alpha value is -2.78. The number of hydrogen-bond acceptors (Lipinski definition) is 7. The highest BCUT2D eigenvalue weighted by molar-refractivity contribution is 7.06. The summed E-state index contributed by atoms with van der Waals surface area (Å²) in [7, 11) is 0. The second kappa shape index (κ2) is 8.53. The van der Waals surface area contributed by atoms with Gasteiger partial charge in [0.1, 0.15) is 0 Å². The number of aryl methyl sites for hydroxylation is 2. The highest BCUT2D eigenvalue weighted by Gasteiger charge is 2.33. The molecule has 9 heteroatoms. The fraction of sp³-hybridized carbons (Fsp3) is 0.417. The maximum atomic E-state index is 14.5. The third-order valence-corrected chi connectivity index (χ3v) is 7.04. The molecule has 1 aliphatic carbocycles. The molecule has 0 radical (unpaired) electrons. The smallest absolute Gasteiger partial charge is 0.274 e. The molecule has 1 atom stereocenters. The number of fused-ring (bicyclic) bond motifs is 1. The molecular weight excluding hydrogens is 442 g/mol. The van der Waals surface area contributed by atoms with Crippen LogP contribution in [0.15, 0.2) is 24.4 Å². The van der Waals surface area contributed by atoms with Crippen LogP contribution in [0.4, 0.5) is 14.7 Å². The lowest BCUT2D eigenvalue weighted by Gasteiger charge is -2.24. The van der Waals surface area contributed by atoms with E-state index in [1.54, 1.807) is 0 Å². The maximum absolute atomic E-state index is 14.5. The number of aromatic nitrogens is 4. The van der Waals surface area contributed by atoms with Gasteiger partial charge in [0.2, 0.25) is 5.95 Å². The lowest BCUT2D eigenvalue weighted by molar-refractivity contribution is 0.0165. The summed E-state index contributed by atoms with van der Waals surface area (Å²) in [6, 6.07) is 4.09. The van der Waals surface area contributed by atoms with Crippen molar-refractivity contribution in [2.24, 2.45) is 0 Å². The number of pyridine rings is 1. The topological polar surface area (TPSA) is 75.6 Å². The van der Waals surface area contributed by atoms with Crippen LogP contribution in [0, 0.1) is 13.8 Å². The number of anilines is 1. The zero-order valence-electron chi connectivity index (χ0n) is 18.9. The summed E-state index contributed by atoms with van der Waals surface area (Å²) >= 11 is 1.46. The van der Waals surface area contributed by atoms with Crippen molar-refractivity contribution in [3.8, 4) is 11.3 Å². The van der Waals surface area contributed by atoms with Gasteiger partial charge in [0.25, 0.3) is 5.92 Å². The molecule has 2 N–H and O–H groups in total. The van der Waals surface area contributed by atoms with E-state index in [-0.39, 0.29) is 17.3 Å². The predicted octanol–water partition coefficient (Wildman–Crippen LogP) is 4.88. The summed E-state index contributed by atoms with van der Waals surface area (Å²) in [5, 5.41) is 6.65. The molecule has 0 unspecified atom stereocenters. The van der Waals surface area contributed by atoms with Gasteiger partial charge in [-0.25, -0.2) is 18.7 Å². The number of nitrogens with zero attached hydrogens (tertiary/aromatic N) is 4. The minimum absolute atomic E-state index is 0.174. The van der Waals surface area contributed by atoms with Crippen LogP contribution in [-0.4, -0.2) is 38.5 Å². The number of alkyl halides is 2. The first-order chi connectivity index (χ1) is 15.8. The molecule has 0 bridgehead atoms. The molecule has 3 aromatic rings. The molecule has 1 saturated heterocycles. The molecule has 3 aromatic heterocycles.